The fraction of sp³-hybridized carbons (Fsp3) is 0.875. The first-order chi connectivity index (χ1) is 5.66. The highest BCUT2D eigenvalue weighted by atomic mass is 16.3. The minimum atomic E-state index is -0.857. The first-order valence-electron chi connectivity index (χ1n) is 4.15. The van der Waals surface area contributed by atoms with Crippen molar-refractivity contribution in [3.05, 3.63) is 0 Å². The largest absolute Gasteiger partial charge is 0.412 e. The third-order valence-electron chi connectivity index (χ3n) is 1.47. The Kier molecular flexibility index (Phi) is 11.1. The van der Waals surface area contributed by atoms with Crippen molar-refractivity contribution in [3.8, 4) is 0 Å². The summed E-state index contributed by atoms with van der Waals surface area (Å²) in [6.45, 7) is 2.21. The van der Waals surface area contributed by atoms with Crippen LogP contribution in [0.5, 0.6) is 0 Å². The third kappa shape index (κ3) is 11.5. The fourth-order valence-corrected chi connectivity index (χ4v) is 0.818. The third-order valence-corrected chi connectivity index (χ3v) is 1.47. The molecule has 1 unspecified atom stereocenters. The van der Waals surface area contributed by atoms with Crippen molar-refractivity contribution in [3.63, 3.8) is 0 Å². The molecule has 0 heterocycles. The quantitative estimate of drug-likeness (QED) is 0.370. The zero-order valence-electron chi connectivity index (χ0n) is 8.29. The molecule has 0 radical (unpaired) electrons. The van der Waals surface area contributed by atoms with Crippen LogP contribution in [-0.4, -0.2) is 61.6 Å². The molecule has 0 rings (SSSR count). The zero-order chi connectivity index (χ0) is 9.40. The molecule has 0 amide bonds. The van der Waals surface area contributed by atoms with Gasteiger partial charge in [0.2, 0.25) is 0 Å². The van der Waals surface area contributed by atoms with E-state index >= 15 is 0 Å². The molecule has 0 aliphatic heterocycles. The summed E-state index contributed by atoms with van der Waals surface area (Å²) in [6, 6.07) is 0. The van der Waals surface area contributed by atoms with Crippen LogP contribution in [0.1, 0.15) is 6.42 Å². The van der Waals surface area contributed by atoms with E-state index in [4.69, 9.17) is 5.11 Å². The molecule has 0 spiro atoms. The number of aldehydes is 1. The van der Waals surface area contributed by atoms with Crippen LogP contribution in [0.25, 0.3) is 0 Å². The predicted molar refractivity (Wildman–Crippen MR) is 51.7 cm³/mol. The van der Waals surface area contributed by atoms with E-state index in [1.807, 2.05) is 14.1 Å². The van der Waals surface area contributed by atoms with Gasteiger partial charge in [-0.2, -0.15) is 0 Å². The topological polar surface area (TPSA) is 84.1 Å². The molecule has 5 nitrogen and oxygen atoms in total. The van der Waals surface area contributed by atoms with Crippen molar-refractivity contribution in [1.29, 1.82) is 0 Å². The summed E-state index contributed by atoms with van der Waals surface area (Å²) in [6.07, 6.45) is 0.710. The Labute approximate surface area is 79.0 Å². The highest BCUT2D eigenvalue weighted by Gasteiger charge is 1.98. The maximum atomic E-state index is 9.98. The molecule has 5 heteroatoms. The van der Waals surface area contributed by atoms with Crippen molar-refractivity contribution in [2.75, 3.05) is 33.7 Å². The van der Waals surface area contributed by atoms with Gasteiger partial charge in [0.25, 0.3) is 0 Å². The van der Waals surface area contributed by atoms with Crippen LogP contribution in [0, 0.1) is 0 Å². The summed E-state index contributed by atoms with van der Waals surface area (Å²) >= 11 is 0. The van der Waals surface area contributed by atoms with E-state index < -0.39 is 6.10 Å². The lowest BCUT2D eigenvalue weighted by atomic mass is 10.3. The van der Waals surface area contributed by atoms with Gasteiger partial charge in [-0.05, 0) is 33.6 Å². The second kappa shape index (κ2) is 9.60. The molecular formula is C8H20N2O3. The minimum Gasteiger partial charge on any atom is -0.412 e. The van der Waals surface area contributed by atoms with Crippen molar-refractivity contribution < 1.29 is 15.4 Å². The van der Waals surface area contributed by atoms with Gasteiger partial charge in [-0.1, -0.05) is 0 Å². The van der Waals surface area contributed by atoms with E-state index in [2.05, 4.69) is 10.2 Å². The second-order valence-electron chi connectivity index (χ2n) is 3.06. The standard InChI is InChI=1S/C8H18N2O2.H2O/c1-10(2)5-3-4-9-6-8(12)7-11;/h7-9,12H,3-6H2,1-2H3;1H2. The normalized spacial score (nSPS) is 12.3. The van der Waals surface area contributed by atoms with Crippen LogP contribution in [0.15, 0.2) is 0 Å². The number of nitrogens with zero attached hydrogens (tertiary/aromatic N) is 1. The molecule has 0 aromatic heterocycles. The van der Waals surface area contributed by atoms with E-state index in [9.17, 15) is 4.79 Å². The lowest BCUT2D eigenvalue weighted by Crippen LogP contribution is -2.29. The molecule has 0 aliphatic carbocycles. The number of carbonyl (C=O) groups is 1. The summed E-state index contributed by atoms with van der Waals surface area (Å²) < 4.78 is 0. The van der Waals surface area contributed by atoms with Gasteiger partial charge >= 0.3 is 0 Å². The SMILES string of the molecule is CN(C)CCCNCC(O)C=O.O. The molecule has 4 N–H and O–H groups in total. The van der Waals surface area contributed by atoms with Gasteiger partial charge in [0.15, 0.2) is 0 Å². The lowest BCUT2D eigenvalue weighted by molar-refractivity contribution is -0.114. The Morgan fingerprint density at radius 2 is 2.15 bits per heavy atom. The van der Waals surface area contributed by atoms with Crippen LogP contribution < -0.4 is 5.32 Å². The van der Waals surface area contributed by atoms with Gasteiger partial charge in [0, 0.05) is 6.54 Å². The maximum absolute atomic E-state index is 9.98. The Bertz CT molecular complexity index is 120. The molecule has 0 aliphatic rings. The minimum absolute atomic E-state index is 0. The Hall–Kier alpha value is -0.490. The van der Waals surface area contributed by atoms with Crippen molar-refractivity contribution in [1.82, 2.24) is 10.2 Å². The molecule has 80 valence electrons. The summed E-state index contributed by atoms with van der Waals surface area (Å²) in [5.74, 6) is 0. The number of hydrogen-bond donors (Lipinski definition) is 2. The van der Waals surface area contributed by atoms with Gasteiger partial charge in [-0.3, -0.25) is 0 Å². The smallest absolute Gasteiger partial charge is 0.149 e. The fourth-order valence-electron chi connectivity index (χ4n) is 0.818. The van der Waals surface area contributed by atoms with Crippen LogP contribution in [0.2, 0.25) is 0 Å². The van der Waals surface area contributed by atoms with E-state index in [0.717, 1.165) is 19.5 Å². The molecular weight excluding hydrogens is 172 g/mol. The summed E-state index contributed by atoms with van der Waals surface area (Å²) in [4.78, 5) is 12.1. The Morgan fingerprint density at radius 1 is 1.54 bits per heavy atom. The average molecular weight is 192 g/mol. The Morgan fingerprint density at radius 3 is 2.62 bits per heavy atom. The highest BCUT2D eigenvalue weighted by Crippen LogP contribution is 1.81. The van der Waals surface area contributed by atoms with Crippen molar-refractivity contribution >= 4 is 6.29 Å². The number of nitrogens with one attached hydrogen (secondary N) is 1. The van der Waals surface area contributed by atoms with Gasteiger partial charge in [-0.25, -0.2) is 0 Å². The van der Waals surface area contributed by atoms with Gasteiger partial charge in [0.1, 0.15) is 12.4 Å². The molecule has 0 aromatic rings. The highest BCUT2D eigenvalue weighted by molar-refractivity contribution is 5.55. The number of aliphatic hydroxyl groups is 1. The van der Waals surface area contributed by atoms with E-state index in [-0.39, 0.29) is 5.48 Å². The summed E-state index contributed by atoms with van der Waals surface area (Å²) in [5.41, 5.74) is 0. The average Bonchev–Trinajstić information content (AvgIpc) is 2.03. The second-order valence-corrected chi connectivity index (χ2v) is 3.06. The van der Waals surface area contributed by atoms with E-state index in [1.165, 1.54) is 0 Å². The number of aliphatic hydroxyl groups excluding tert-OH is 1. The number of carbonyl (C=O) groups excluding carboxylic acids is 1. The number of rotatable bonds is 7. The number of hydrogen-bond acceptors (Lipinski definition) is 4. The molecule has 0 saturated heterocycles. The molecule has 0 aromatic carbocycles. The van der Waals surface area contributed by atoms with Gasteiger partial charge in [-0.15, -0.1) is 0 Å². The zero-order valence-corrected chi connectivity index (χ0v) is 8.29. The molecule has 1 atom stereocenters. The Balaban J connectivity index is 0. The van der Waals surface area contributed by atoms with Gasteiger partial charge in [0.05, 0.1) is 0 Å². The van der Waals surface area contributed by atoms with Crippen LogP contribution >= 0.6 is 0 Å². The molecule has 13 heavy (non-hydrogen) atoms. The van der Waals surface area contributed by atoms with Crippen molar-refractivity contribution in [2.24, 2.45) is 0 Å². The maximum Gasteiger partial charge on any atom is 0.149 e. The summed E-state index contributed by atoms with van der Waals surface area (Å²) in [7, 11) is 4.03. The van der Waals surface area contributed by atoms with Crippen molar-refractivity contribution in [2.45, 2.75) is 12.5 Å². The van der Waals surface area contributed by atoms with E-state index in [1.54, 1.807) is 0 Å². The molecule has 0 fully saturated rings. The van der Waals surface area contributed by atoms with E-state index in [0.29, 0.717) is 12.8 Å². The van der Waals surface area contributed by atoms with Crippen LogP contribution in [0.3, 0.4) is 0 Å². The molecule has 0 saturated carbocycles. The first kappa shape index (κ1) is 15.0. The lowest BCUT2D eigenvalue weighted by Gasteiger charge is -2.10. The van der Waals surface area contributed by atoms with Crippen LogP contribution in [0.4, 0.5) is 0 Å². The molecule has 0 bridgehead atoms. The summed E-state index contributed by atoms with van der Waals surface area (Å²) in [5, 5.41) is 11.8. The first-order valence-corrected chi connectivity index (χ1v) is 4.15. The van der Waals surface area contributed by atoms with Gasteiger partial charge < -0.3 is 25.6 Å². The van der Waals surface area contributed by atoms with Crippen LogP contribution in [-0.2, 0) is 4.79 Å². The predicted octanol–water partition coefficient (Wildman–Crippen LogP) is -1.74. The monoisotopic (exact) mass is 192 g/mol.